The van der Waals surface area contributed by atoms with E-state index in [1.54, 1.807) is 12.3 Å². The molecule has 0 aliphatic heterocycles. The van der Waals surface area contributed by atoms with Crippen molar-refractivity contribution in [3.8, 4) is 0 Å². The van der Waals surface area contributed by atoms with Gasteiger partial charge in [-0.05, 0) is 41.1 Å². The van der Waals surface area contributed by atoms with Gasteiger partial charge in [-0.2, -0.15) is 11.8 Å². The number of anilines is 1. The molecule has 1 aromatic heterocycles. The fourth-order valence-corrected chi connectivity index (χ4v) is 3.78. The first-order valence-electron chi connectivity index (χ1n) is 6.56. The number of halogens is 1. The number of hydrazine groups is 1. The van der Waals surface area contributed by atoms with Crippen molar-refractivity contribution >= 4 is 39.4 Å². The number of thioether (sulfide) groups is 1. The third-order valence-corrected chi connectivity index (χ3v) is 5.61. The number of hydrogen-bond acceptors (Lipinski definition) is 5. The van der Waals surface area contributed by atoms with Crippen LogP contribution in [0.5, 0.6) is 0 Å². The lowest BCUT2D eigenvalue weighted by molar-refractivity contribution is 0.0950. The number of carbonyl (C=O) groups excluding carboxylic acids is 1. The van der Waals surface area contributed by atoms with E-state index in [9.17, 15) is 4.79 Å². The number of nitrogens with one attached hydrogen (secondary N) is 2. The van der Waals surface area contributed by atoms with Crippen molar-refractivity contribution in [2.45, 2.75) is 30.4 Å². The SMILES string of the molecule is CSC1(CNC(=O)c2cc(Br)cnc2NN)CCCC1. The fraction of sp³-hybridized carbons (Fsp3) is 0.538. The Labute approximate surface area is 131 Å². The van der Waals surface area contributed by atoms with Gasteiger partial charge in [0, 0.05) is 22.0 Å². The van der Waals surface area contributed by atoms with Crippen molar-refractivity contribution in [2.24, 2.45) is 5.84 Å². The number of amides is 1. The summed E-state index contributed by atoms with van der Waals surface area (Å²) in [6.07, 6.45) is 8.52. The molecule has 7 heteroatoms. The fourth-order valence-electron chi connectivity index (χ4n) is 2.54. The lowest BCUT2D eigenvalue weighted by Crippen LogP contribution is -2.38. The topological polar surface area (TPSA) is 80.0 Å². The summed E-state index contributed by atoms with van der Waals surface area (Å²) in [6, 6.07) is 1.72. The molecule has 0 aromatic carbocycles. The minimum absolute atomic E-state index is 0.146. The van der Waals surface area contributed by atoms with Crippen molar-refractivity contribution in [3.63, 3.8) is 0 Å². The molecule has 0 bridgehead atoms. The smallest absolute Gasteiger partial charge is 0.255 e. The number of rotatable bonds is 5. The standard InChI is InChI=1S/C13H19BrN4OS/c1-20-13(4-2-3-5-13)8-17-12(19)10-6-9(14)7-16-11(10)18-15/h6-7H,2-5,8,15H2,1H3,(H,16,18)(H,17,19). The van der Waals surface area contributed by atoms with Crippen LogP contribution in [0.25, 0.3) is 0 Å². The molecular formula is C13H19BrN4OS. The molecule has 110 valence electrons. The second-order valence-corrected chi connectivity index (χ2v) is 7.16. The van der Waals surface area contributed by atoms with Gasteiger partial charge in [0.25, 0.3) is 5.91 Å². The molecule has 1 aliphatic carbocycles. The van der Waals surface area contributed by atoms with Crippen LogP contribution in [0.1, 0.15) is 36.0 Å². The highest BCUT2D eigenvalue weighted by Crippen LogP contribution is 2.39. The molecule has 0 radical (unpaired) electrons. The van der Waals surface area contributed by atoms with Gasteiger partial charge in [-0.25, -0.2) is 10.8 Å². The number of aromatic nitrogens is 1. The average Bonchev–Trinajstić information content (AvgIpc) is 2.94. The van der Waals surface area contributed by atoms with Crippen molar-refractivity contribution in [2.75, 3.05) is 18.2 Å². The molecule has 1 saturated carbocycles. The Morgan fingerprint density at radius 1 is 1.55 bits per heavy atom. The largest absolute Gasteiger partial charge is 0.351 e. The molecule has 0 saturated heterocycles. The molecule has 5 nitrogen and oxygen atoms in total. The third kappa shape index (κ3) is 3.45. The van der Waals surface area contributed by atoms with E-state index in [4.69, 9.17) is 5.84 Å². The van der Waals surface area contributed by atoms with Crippen molar-refractivity contribution in [1.82, 2.24) is 10.3 Å². The van der Waals surface area contributed by atoms with Gasteiger partial charge < -0.3 is 10.7 Å². The van der Waals surface area contributed by atoms with E-state index in [1.807, 2.05) is 11.8 Å². The number of pyridine rings is 1. The molecule has 0 unspecified atom stereocenters. The Balaban J connectivity index is 2.06. The number of carbonyl (C=O) groups is 1. The number of nitrogens with two attached hydrogens (primary N) is 1. The highest BCUT2D eigenvalue weighted by atomic mass is 79.9. The van der Waals surface area contributed by atoms with Crippen molar-refractivity contribution in [1.29, 1.82) is 0 Å². The van der Waals surface area contributed by atoms with Crippen LogP contribution >= 0.6 is 27.7 Å². The Morgan fingerprint density at radius 3 is 2.85 bits per heavy atom. The quantitative estimate of drug-likeness (QED) is 0.556. The molecule has 1 fully saturated rings. The molecule has 4 N–H and O–H groups in total. The maximum absolute atomic E-state index is 12.3. The summed E-state index contributed by atoms with van der Waals surface area (Å²) in [5, 5.41) is 3.02. The predicted octanol–water partition coefficient (Wildman–Crippen LogP) is 2.54. The molecule has 20 heavy (non-hydrogen) atoms. The minimum atomic E-state index is -0.146. The lowest BCUT2D eigenvalue weighted by atomic mass is 10.1. The van der Waals surface area contributed by atoms with Crippen molar-refractivity contribution in [3.05, 3.63) is 22.3 Å². The van der Waals surface area contributed by atoms with E-state index in [0.717, 1.165) is 17.3 Å². The van der Waals surface area contributed by atoms with Gasteiger partial charge in [0.1, 0.15) is 0 Å². The Bertz CT molecular complexity index is 491. The van der Waals surface area contributed by atoms with Crippen LogP contribution in [-0.4, -0.2) is 28.4 Å². The van der Waals surface area contributed by atoms with Gasteiger partial charge in [0.05, 0.1) is 5.56 Å². The normalized spacial score (nSPS) is 16.9. The van der Waals surface area contributed by atoms with Gasteiger partial charge in [-0.15, -0.1) is 0 Å². The minimum Gasteiger partial charge on any atom is -0.351 e. The number of hydrogen-bond donors (Lipinski definition) is 3. The van der Waals surface area contributed by atoms with Gasteiger partial charge in [0.15, 0.2) is 5.82 Å². The summed E-state index contributed by atoms with van der Waals surface area (Å²) in [5.74, 6) is 5.64. The number of nitrogens with zero attached hydrogens (tertiary/aromatic N) is 1. The predicted molar refractivity (Wildman–Crippen MR) is 86.8 cm³/mol. The maximum atomic E-state index is 12.3. The zero-order valence-electron chi connectivity index (χ0n) is 11.4. The molecule has 1 heterocycles. The monoisotopic (exact) mass is 358 g/mol. The second kappa shape index (κ2) is 6.78. The molecule has 0 atom stereocenters. The first kappa shape index (κ1) is 15.6. The zero-order valence-corrected chi connectivity index (χ0v) is 13.8. The first-order valence-corrected chi connectivity index (χ1v) is 8.57. The van der Waals surface area contributed by atoms with E-state index < -0.39 is 0 Å². The van der Waals surface area contributed by atoms with Crippen LogP contribution in [0.4, 0.5) is 5.82 Å². The Kier molecular flexibility index (Phi) is 5.29. The van der Waals surface area contributed by atoms with E-state index in [1.165, 1.54) is 12.8 Å². The molecule has 0 spiro atoms. The highest BCUT2D eigenvalue weighted by molar-refractivity contribution is 9.10. The number of nitrogen functional groups attached to an aromatic ring is 1. The summed E-state index contributed by atoms with van der Waals surface area (Å²) in [4.78, 5) is 16.4. The van der Waals surface area contributed by atoms with Crippen LogP contribution in [-0.2, 0) is 0 Å². The van der Waals surface area contributed by atoms with E-state index >= 15 is 0 Å². The van der Waals surface area contributed by atoms with Crippen LogP contribution in [0.3, 0.4) is 0 Å². The molecule has 1 aliphatic rings. The zero-order chi connectivity index (χ0) is 14.6. The molecule has 2 rings (SSSR count). The van der Waals surface area contributed by atoms with E-state index in [2.05, 4.69) is 37.9 Å². The van der Waals surface area contributed by atoms with Crippen LogP contribution in [0, 0.1) is 0 Å². The summed E-state index contributed by atoms with van der Waals surface area (Å²) in [6.45, 7) is 0.684. The lowest BCUT2D eigenvalue weighted by Gasteiger charge is -2.27. The maximum Gasteiger partial charge on any atom is 0.255 e. The third-order valence-electron chi connectivity index (χ3n) is 3.75. The highest BCUT2D eigenvalue weighted by Gasteiger charge is 2.33. The van der Waals surface area contributed by atoms with Gasteiger partial charge >= 0.3 is 0 Å². The summed E-state index contributed by atoms with van der Waals surface area (Å²) < 4.78 is 0.938. The summed E-state index contributed by atoms with van der Waals surface area (Å²) in [5.41, 5.74) is 2.91. The van der Waals surface area contributed by atoms with E-state index in [0.29, 0.717) is 17.9 Å². The van der Waals surface area contributed by atoms with Crippen LogP contribution in [0.2, 0.25) is 0 Å². The average molecular weight is 359 g/mol. The van der Waals surface area contributed by atoms with Gasteiger partial charge in [0.2, 0.25) is 0 Å². The first-order chi connectivity index (χ1) is 9.60. The van der Waals surface area contributed by atoms with E-state index in [-0.39, 0.29) is 10.7 Å². The second-order valence-electron chi connectivity index (χ2n) is 4.97. The molecule has 1 aromatic rings. The van der Waals surface area contributed by atoms with Gasteiger partial charge in [-0.1, -0.05) is 12.8 Å². The Hall–Kier alpha value is -0.790. The van der Waals surface area contributed by atoms with Gasteiger partial charge in [-0.3, -0.25) is 4.79 Å². The van der Waals surface area contributed by atoms with Crippen molar-refractivity contribution < 1.29 is 4.79 Å². The van der Waals surface area contributed by atoms with Crippen LogP contribution < -0.4 is 16.6 Å². The Morgan fingerprint density at radius 2 is 2.25 bits per heavy atom. The summed E-state index contributed by atoms with van der Waals surface area (Å²) in [7, 11) is 0. The van der Waals surface area contributed by atoms with Crippen LogP contribution in [0.15, 0.2) is 16.7 Å². The summed E-state index contributed by atoms with van der Waals surface area (Å²) >= 11 is 5.17. The molecule has 1 amide bonds. The molecular weight excluding hydrogens is 340 g/mol.